The lowest BCUT2D eigenvalue weighted by molar-refractivity contribution is -0.488. The number of quaternary nitrogens is 1. The van der Waals surface area contributed by atoms with Crippen molar-refractivity contribution in [3.63, 3.8) is 0 Å². The zero-order chi connectivity index (χ0) is 11.7. The van der Waals surface area contributed by atoms with Gasteiger partial charge in [-0.1, -0.05) is 2.81 Å². The lowest BCUT2D eigenvalue weighted by Gasteiger charge is -2.18. The highest BCUT2D eigenvalue weighted by Crippen LogP contribution is 2.50. The Morgan fingerprint density at radius 2 is 1.65 bits per heavy atom. The first-order valence-electron chi connectivity index (χ1n) is 5.69. The van der Waals surface area contributed by atoms with Gasteiger partial charge in [-0.2, -0.15) is 35.3 Å². The molecule has 3 aliphatic rings. The second-order valence-corrected chi connectivity index (χ2v) is 12.5. The minimum absolute atomic E-state index is 0.625. The first kappa shape index (κ1) is 14.0. The van der Waals surface area contributed by atoms with Gasteiger partial charge in [-0.15, -0.1) is 5.84 Å². The van der Waals surface area contributed by atoms with Gasteiger partial charge in [0.2, 0.25) is 0 Å². The molecule has 2 nitrogen and oxygen atoms in total. The molecule has 3 fully saturated rings. The quantitative estimate of drug-likeness (QED) is 0.328. The molecule has 4 unspecified atom stereocenters. The molecule has 3 rings (SSSR count). The average molecular weight is 346 g/mol. The fourth-order valence-corrected chi connectivity index (χ4v) is 9.15. The zero-order valence-corrected chi connectivity index (χ0v) is 14.3. The molecule has 0 aromatic carbocycles. The van der Waals surface area contributed by atoms with E-state index in [0.717, 1.165) is 15.7 Å². The van der Waals surface area contributed by atoms with E-state index in [-0.39, 0.29) is 0 Å². The molecule has 4 atom stereocenters. The van der Waals surface area contributed by atoms with Gasteiger partial charge in [-0.25, -0.2) is 0 Å². The van der Waals surface area contributed by atoms with Crippen LogP contribution in [0.5, 0.6) is 0 Å². The van der Waals surface area contributed by atoms with Gasteiger partial charge in [0.25, 0.3) is 0 Å². The predicted molar refractivity (Wildman–Crippen MR) is 90.6 cm³/mol. The molecular weight excluding hydrogens is 329 g/mol. The van der Waals surface area contributed by atoms with Gasteiger partial charge in [-0.3, -0.25) is 0 Å². The number of thioether (sulfide) groups is 3. The van der Waals surface area contributed by atoms with Gasteiger partial charge in [0.05, 0.1) is 16.8 Å². The van der Waals surface area contributed by atoms with E-state index < -0.39 is 0 Å². The molecule has 17 heavy (non-hydrogen) atoms. The van der Waals surface area contributed by atoms with Gasteiger partial charge in [0.1, 0.15) is 35.8 Å². The highest BCUT2D eigenvalue weighted by atomic mass is 32.3. The van der Waals surface area contributed by atoms with Crippen LogP contribution in [-0.2, 0) is 0 Å². The third-order valence-electron chi connectivity index (χ3n) is 2.59. The predicted octanol–water partition coefficient (Wildman–Crippen LogP) is 2.97. The van der Waals surface area contributed by atoms with Crippen molar-refractivity contribution in [1.82, 2.24) is 0 Å². The Morgan fingerprint density at radius 1 is 1.00 bits per heavy atom. The molecule has 2 N–H and O–H groups in total. The van der Waals surface area contributed by atoms with E-state index in [1.807, 2.05) is 35.8 Å². The second-order valence-electron chi connectivity index (χ2n) is 4.31. The van der Waals surface area contributed by atoms with Crippen LogP contribution >= 0.6 is 71.1 Å². The largest absolute Gasteiger partial charge is 0.159 e. The summed E-state index contributed by atoms with van der Waals surface area (Å²) in [5.74, 6) is 14.2. The molecule has 98 valence electrons. The van der Waals surface area contributed by atoms with E-state index in [0.29, 0.717) is 2.81 Å². The van der Waals surface area contributed by atoms with Crippen molar-refractivity contribution in [3.8, 4) is 0 Å². The summed E-state index contributed by atoms with van der Waals surface area (Å²) in [4.78, 5) is 0. The summed E-state index contributed by atoms with van der Waals surface area (Å²) >= 11 is 12.1. The SMILES string of the molecule is N[N+]1(SCC2CS2)SCC(CSCC2CS2)S1. The monoisotopic (exact) mass is 345 g/mol. The molecule has 0 radical (unpaired) electrons. The molecular formula is C9H17N2S6+. The summed E-state index contributed by atoms with van der Waals surface area (Å²) in [5.41, 5.74) is 0. The van der Waals surface area contributed by atoms with Crippen LogP contribution in [0.4, 0.5) is 0 Å². The Kier molecular flexibility index (Phi) is 5.10. The van der Waals surface area contributed by atoms with Gasteiger partial charge in [0.15, 0.2) is 0 Å². The van der Waals surface area contributed by atoms with Crippen LogP contribution in [-0.4, -0.2) is 53.1 Å². The molecule has 3 saturated heterocycles. The van der Waals surface area contributed by atoms with Crippen LogP contribution in [0.2, 0.25) is 0 Å². The van der Waals surface area contributed by atoms with E-state index in [1.54, 1.807) is 0 Å². The van der Waals surface area contributed by atoms with Crippen molar-refractivity contribution >= 4 is 71.1 Å². The second kappa shape index (κ2) is 6.20. The van der Waals surface area contributed by atoms with Crippen LogP contribution < -0.4 is 5.84 Å². The van der Waals surface area contributed by atoms with Crippen molar-refractivity contribution in [2.24, 2.45) is 5.84 Å². The van der Waals surface area contributed by atoms with Crippen LogP contribution in [0.1, 0.15) is 0 Å². The number of rotatable bonds is 7. The highest BCUT2D eigenvalue weighted by molar-refractivity contribution is 8.21. The maximum atomic E-state index is 6.37. The molecule has 0 saturated carbocycles. The fraction of sp³-hybridized carbons (Fsp3) is 1.00. The normalized spacial score (nSPS) is 43.9. The standard InChI is InChI=1S/C9H17N2S6/c10-11(15-5-8-4-14-8)16-6-9(17-11)2-12-1-7-3-13-7/h7-9H,1-6,10H2/q+1. The summed E-state index contributed by atoms with van der Waals surface area (Å²) in [5, 5.41) is 2.61. The Hall–Kier alpha value is 2.02. The Morgan fingerprint density at radius 3 is 2.35 bits per heavy atom. The average Bonchev–Trinajstić information content (AvgIpc) is 3.19. The van der Waals surface area contributed by atoms with E-state index in [2.05, 4.69) is 35.3 Å². The lowest BCUT2D eigenvalue weighted by Crippen LogP contribution is -2.32. The molecule has 3 heterocycles. The summed E-state index contributed by atoms with van der Waals surface area (Å²) in [6, 6.07) is 0. The third-order valence-corrected chi connectivity index (χ3v) is 11.2. The van der Waals surface area contributed by atoms with Crippen molar-refractivity contribution in [2.75, 3.05) is 34.5 Å². The molecule has 0 aromatic rings. The number of hydrogen-bond acceptors (Lipinski definition) is 7. The Labute approximate surface area is 129 Å². The maximum absolute atomic E-state index is 6.37. The van der Waals surface area contributed by atoms with Gasteiger partial charge in [0, 0.05) is 33.5 Å². The Bertz CT molecular complexity index is 272. The number of nitrogens with zero attached hydrogens (tertiary/aromatic N) is 1. The smallest absolute Gasteiger partial charge is 0.127 e. The van der Waals surface area contributed by atoms with Crippen LogP contribution in [0.15, 0.2) is 0 Å². The fourth-order valence-electron chi connectivity index (χ4n) is 1.45. The maximum Gasteiger partial charge on any atom is 0.127 e. The van der Waals surface area contributed by atoms with Crippen LogP contribution in [0.3, 0.4) is 0 Å². The molecule has 0 bridgehead atoms. The van der Waals surface area contributed by atoms with Crippen LogP contribution in [0.25, 0.3) is 0 Å². The molecule has 0 spiro atoms. The van der Waals surface area contributed by atoms with Crippen LogP contribution in [0, 0.1) is 0 Å². The van der Waals surface area contributed by atoms with Crippen molar-refractivity contribution < 1.29 is 2.81 Å². The van der Waals surface area contributed by atoms with Crippen molar-refractivity contribution in [3.05, 3.63) is 0 Å². The summed E-state index contributed by atoms with van der Waals surface area (Å²) < 4.78 is 0.625. The lowest BCUT2D eigenvalue weighted by atomic mass is 10.5. The number of nitrogens with two attached hydrogens (primary N) is 1. The highest BCUT2D eigenvalue weighted by Gasteiger charge is 2.44. The third kappa shape index (κ3) is 4.81. The minimum atomic E-state index is 0.625. The zero-order valence-electron chi connectivity index (χ0n) is 9.45. The van der Waals surface area contributed by atoms with Crippen molar-refractivity contribution in [1.29, 1.82) is 0 Å². The first-order chi connectivity index (χ1) is 8.23. The van der Waals surface area contributed by atoms with Gasteiger partial charge >= 0.3 is 0 Å². The van der Waals surface area contributed by atoms with E-state index in [4.69, 9.17) is 5.84 Å². The Balaban J connectivity index is 1.33. The minimum Gasteiger partial charge on any atom is -0.159 e. The molecule has 0 aromatic heterocycles. The van der Waals surface area contributed by atoms with Gasteiger partial charge < -0.3 is 0 Å². The van der Waals surface area contributed by atoms with E-state index in [1.165, 1.54) is 34.5 Å². The molecule has 3 aliphatic heterocycles. The van der Waals surface area contributed by atoms with Crippen molar-refractivity contribution in [2.45, 2.75) is 15.7 Å². The molecule has 0 aliphatic carbocycles. The van der Waals surface area contributed by atoms with E-state index >= 15 is 0 Å². The van der Waals surface area contributed by atoms with Gasteiger partial charge in [-0.05, 0) is 0 Å². The number of hydrogen-bond donors (Lipinski definition) is 1. The molecule has 0 amide bonds. The first-order valence-corrected chi connectivity index (χ1v) is 11.7. The van der Waals surface area contributed by atoms with E-state index in [9.17, 15) is 0 Å². The summed E-state index contributed by atoms with van der Waals surface area (Å²) in [6.07, 6.45) is 0. The topological polar surface area (TPSA) is 26.0 Å². The summed E-state index contributed by atoms with van der Waals surface area (Å²) in [6.45, 7) is 0. The molecule has 8 heteroatoms. The summed E-state index contributed by atoms with van der Waals surface area (Å²) in [7, 11) is 0.